The lowest BCUT2D eigenvalue weighted by Crippen LogP contribution is -1.94. The van der Waals surface area contributed by atoms with E-state index in [1.807, 2.05) is 6.92 Å². The van der Waals surface area contributed by atoms with E-state index in [1.165, 1.54) is 6.08 Å². The van der Waals surface area contributed by atoms with Crippen molar-refractivity contribution in [1.82, 2.24) is 0 Å². The molecule has 0 rings (SSSR count). The van der Waals surface area contributed by atoms with Gasteiger partial charge >= 0.3 is 0 Å². The van der Waals surface area contributed by atoms with Crippen molar-refractivity contribution in [2.75, 3.05) is 19.8 Å². The maximum atomic E-state index is 8.62. The molecule has 0 aromatic rings. The van der Waals surface area contributed by atoms with Gasteiger partial charge in [0.15, 0.2) is 0 Å². The van der Waals surface area contributed by atoms with E-state index in [4.69, 9.17) is 14.9 Å². The van der Waals surface area contributed by atoms with E-state index in [9.17, 15) is 0 Å². The first-order valence-electron chi connectivity index (χ1n) is 2.87. The minimum absolute atomic E-state index is 0.0385. The van der Waals surface area contributed by atoms with Crippen LogP contribution in [-0.4, -0.2) is 30.0 Å². The number of aliphatic hydroxyl groups is 2. The highest BCUT2D eigenvalue weighted by molar-refractivity contribution is 4.89. The number of hydrogen-bond acceptors (Lipinski definition) is 3. The van der Waals surface area contributed by atoms with Crippen LogP contribution in [0.2, 0.25) is 0 Å². The molecule has 0 saturated carbocycles. The van der Waals surface area contributed by atoms with Crippen LogP contribution in [0.3, 0.4) is 0 Å². The Morgan fingerprint density at radius 1 is 1.67 bits per heavy atom. The molecule has 0 heterocycles. The number of hydrogen-bond donors (Lipinski definition) is 2. The van der Waals surface area contributed by atoms with Crippen molar-refractivity contribution in [2.24, 2.45) is 0 Å². The average Bonchev–Trinajstić information content (AvgIpc) is 1.89. The van der Waals surface area contributed by atoms with Crippen molar-refractivity contribution >= 4 is 0 Å². The van der Waals surface area contributed by atoms with E-state index >= 15 is 0 Å². The molecule has 0 bridgehead atoms. The lowest BCUT2D eigenvalue weighted by Gasteiger charge is -1.94. The predicted octanol–water partition coefficient (Wildman–Crippen LogP) is 0.457. The molecular weight excluding hydrogens is 120 g/mol. The third kappa shape index (κ3) is 5.33. The van der Waals surface area contributed by atoms with Crippen LogP contribution in [0, 0.1) is 0 Å². The molecular formula is C6H12O3. The molecule has 0 aliphatic heterocycles. The van der Waals surface area contributed by atoms with Crippen molar-refractivity contribution in [3.05, 3.63) is 11.8 Å². The van der Waals surface area contributed by atoms with Crippen LogP contribution in [0.4, 0.5) is 0 Å². The standard InChI is InChI=1S/C6H12O3/c1-2-9-4-3-6(8)5-7/h3,7-8H,2,4-5H2,1H3. The fourth-order valence-electron chi connectivity index (χ4n) is 0.338. The van der Waals surface area contributed by atoms with Gasteiger partial charge in [-0.3, -0.25) is 0 Å². The summed E-state index contributed by atoms with van der Waals surface area (Å²) in [4.78, 5) is 0. The quantitative estimate of drug-likeness (QED) is 0.431. The van der Waals surface area contributed by atoms with Crippen LogP contribution < -0.4 is 0 Å². The fourth-order valence-corrected chi connectivity index (χ4v) is 0.338. The van der Waals surface area contributed by atoms with Gasteiger partial charge in [-0.1, -0.05) is 0 Å². The first-order valence-corrected chi connectivity index (χ1v) is 2.87. The second-order valence-corrected chi connectivity index (χ2v) is 1.51. The first-order chi connectivity index (χ1) is 4.31. The smallest absolute Gasteiger partial charge is 0.116 e. The van der Waals surface area contributed by atoms with E-state index in [0.29, 0.717) is 13.2 Å². The topological polar surface area (TPSA) is 49.7 Å². The zero-order valence-corrected chi connectivity index (χ0v) is 5.50. The fraction of sp³-hybridized carbons (Fsp3) is 0.667. The Morgan fingerprint density at radius 3 is 2.78 bits per heavy atom. The molecule has 0 fully saturated rings. The SMILES string of the molecule is CCOCC=C(O)CO. The summed E-state index contributed by atoms with van der Waals surface area (Å²) in [7, 11) is 0. The lowest BCUT2D eigenvalue weighted by atomic mass is 10.5. The molecule has 0 aliphatic carbocycles. The Morgan fingerprint density at radius 2 is 2.33 bits per heavy atom. The summed E-state index contributed by atoms with van der Waals surface area (Å²) in [5.41, 5.74) is 0. The van der Waals surface area contributed by atoms with Gasteiger partial charge in [0.1, 0.15) is 5.76 Å². The molecule has 54 valence electrons. The van der Waals surface area contributed by atoms with Gasteiger partial charge in [-0.15, -0.1) is 0 Å². The molecule has 0 radical (unpaired) electrons. The Kier molecular flexibility index (Phi) is 5.26. The summed E-state index contributed by atoms with van der Waals surface area (Å²) < 4.78 is 4.86. The molecule has 3 heteroatoms. The van der Waals surface area contributed by atoms with Gasteiger partial charge in [0.05, 0.1) is 13.2 Å². The maximum Gasteiger partial charge on any atom is 0.116 e. The largest absolute Gasteiger partial charge is 0.510 e. The van der Waals surface area contributed by atoms with Gasteiger partial charge in [-0.25, -0.2) is 0 Å². The molecule has 0 aliphatic rings. The van der Waals surface area contributed by atoms with Crippen molar-refractivity contribution in [2.45, 2.75) is 6.92 Å². The lowest BCUT2D eigenvalue weighted by molar-refractivity contribution is 0.171. The maximum absolute atomic E-state index is 8.62. The van der Waals surface area contributed by atoms with E-state index < -0.39 is 0 Å². The minimum atomic E-state index is -0.312. The van der Waals surface area contributed by atoms with E-state index in [-0.39, 0.29) is 12.4 Å². The zero-order chi connectivity index (χ0) is 7.11. The van der Waals surface area contributed by atoms with Gasteiger partial charge in [0, 0.05) is 6.61 Å². The third-order valence-electron chi connectivity index (χ3n) is 0.803. The molecule has 2 N–H and O–H groups in total. The van der Waals surface area contributed by atoms with Gasteiger partial charge in [0.25, 0.3) is 0 Å². The number of ether oxygens (including phenoxy) is 1. The second kappa shape index (κ2) is 5.59. The van der Waals surface area contributed by atoms with Crippen molar-refractivity contribution in [3.8, 4) is 0 Å². The van der Waals surface area contributed by atoms with Gasteiger partial charge in [-0.2, -0.15) is 0 Å². The van der Waals surface area contributed by atoms with E-state index in [1.54, 1.807) is 0 Å². The Labute approximate surface area is 54.6 Å². The molecule has 0 unspecified atom stereocenters. The number of aliphatic hydroxyl groups excluding tert-OH is 2. The van der Waals surface area contributed by atoms with Crippen molar-refractivity contribution in [1.29, 1.82) is 0 Å². The van der Waals surface area contributed by atoms with Crippen LogP contribution in [-0.2, 0) is 4.74 Å². The zero-order valence-electron chi connectivity index (χ0n) is 5.50. The van der Waals surface area contributed by atoms with E-state index in [2.05, 4.69) is 0 Å². The number of rotatable bonds is 4. The highest BCUT2D eigenvalue weighted by Gasteiger charge is 1.85. The minimum Gasteiger partial charge on any atom is -0.510 e. The highest BCUT2D eigenvalue weighted by atomic mass is 16.5. The molecule has 0 amide bonds. The third-order valence-corrected chi connectivity index (χ3v) is 0.803. The Balaban J connectivity index is 3.21. The summed E-state index contributed by atoms with van der Waals surface area (Å²) in [6.07, 6.45) is 1.43. The van der Waals surface area contributed by atoms with Gasteiger partial charge in [0.2, 0.25) is 0 Å². The molecule has 0 saturated heterocycles. The monoisotopic (exact) mass is 132 g/mol. The molecule has 3 nitrogen and oxygen atoms in total. The first kappa shape index (κ1) is 8.46. The highest BCUT2D eigenvalue weighted by Crippen LogP contribution is 1.84. The Bertz CT molecular complexity index is 88.3. The van der Waals surface area contributed by atoms with Gasteiger partial charge < -0.3 is 14.9 Å². The van der Waals surface area contributed by atoms with Gasteiger partial charge in [-0.05, 0) is 13.0 Å². The van der Waals surface area contributed by atoms with Crippen LogP contribution >= 0.6 is 0 Å². The van der Waals surface area contributed by atoms with Crippen LogP contribution in [0.15, 0.2) is 11.8 Å². The normalized spacial score (nSPS) is 12.0. The molecule has 0 aromatic heterocycles. The van der Waals surface area contributed by atoms with Crippen molar-refractivity contribution < 1.29 is 14.9 Å². The summed E-state index contributed by atoms with van der Waals surface area (Å²) in [5.74, 6) is -0.0385. The average molecular weight is 132 g/mol. The van der Waals surface area contributed by atoms with Crippen LogP contribution in [0.1, 0.15) is 6.92 Å². The van der Waals surface area contributed by atoms with Crippen molar-refractivity contribution in [3.63, 3.8) is 0 Å². The summed E-state index contributed by atoms with van der Waals surface area (Å²) in [6.45, 7) is 2.54. The molecule has 0 atom stereocenters. The molecule has 0 spiro atoms. The Hall–Kier alpha value is -0.540. The molecule has 0 aromatic carbocycles. The van der Waals surface area contributed by atoms with Crippen LogP contribution in [0.25, 0.3) is 0 Å². The second-order valence-electron chi connectivity index (χ2n) is 1.51. The summed E-state index contributed by atoms with van der Waals surface area (Å²) >= 11 is 0. The van der Waals surface area contributed by atoms with Crippen LogP contribution in [0.5, 0.6) is 0 Å². The summed E-state index contributed by atoms with van der Waals surface area (Å²) in [6, 6.07) is 0. The summed E-state index contributed by atoms with van der Waals surface area (Å²) in [5, 5.41) is 16.9. The predicted molar refractivity (Wildman–Crippen MR) is 34.3 cm³/mol. The van der Waals surface area contributed by atoms with E-state index in [0.717, 1.165) is 0 Å². The molecule has 9 heavy (non-hydrogen) atoms.